The molecule has 0 aromatic heterocycles. The van der Waals surface area contributed by atoms with Crippen molar-refractivity contribution in [1.29, 1.82) is 0 Å². The molecule has 1 rings (SSSR count). The van der Waals surface area contributed by atoms with Gasteiger partial charge in [-0.25, -0.2) is 0 Å². The first-order chi connectivity index (χ1) is 9.25. The van der Waals surface area contributed by atoms with Crippen LogP contribution in [0.1, 0.15) is 52.5 Å². The summed E-state index contributed by atoms with van der Waals surface area (Å²) in [6, 6.07) is 8.05. The largest absolute Gasteiger partial charge is 0.332 e. The number of nitrogens with one attached hydrogen (secondary N) is 2. The first-order valence-electron chi connectivity index (χ1n) is 6.97. The van der Waals surface area contributed by atoms with Crippen LogP contribution in [0.5, 0.6) is 0 Å². The molecule has 1 aromatic rings. The maximum absolute atomic E-state index is 11.9. The highest BCUT2D eigenvalue weighted by molar-refractivity contribution is 7.80. The van der Waals surface area contributed by atoms with Crippen LogP contribution in [0.15, 0.2) is 24.3 Å². The zero-order valence-electron chi connectivity index (χ0n) is 12.9. The summed E-state index contributed by atoms with van der Waals surface area (Å²) in [5.74, 6) is 0.357. The minimum absolute atomic E-state index is 0.0870. The van der Waals surface area contributed by atoms with E-state index in [-0.39, 0.29) is 5.91 Å². The zero-order chi connectivity index (χ0) is 15.3. The lowest BCUT2D eigenvalue weighted by Gasteiger charge is -2.20. The van der Waals surface area contributed by atoms with Crippen molar-refractivity contribution in [2.75, 3.05) is 5.32 Å². The van der Waals surface area contributed by atoms with Gasteiger partial charge in [-0.05, 0) is 36.2 Å². The Morgan fingerprint density at radius 1 is 1.30 bits per heavy atom. The minimum atomic E-state index is -0.456. The molecule has 4 heteroatoms. The number of amides is 1. The van der Waals surface area contributed by atoms with Gasteiger partial charge in [0.25, 0.3) is 0 Å². The molecule has 20 heavy (non-hydrogen) atoms. The van der Waals surface area contributed by atoms with E-state index < -0.39 is 5.41 Å². The minimum Gasteiger partial charge on any atom is -0.332 e. The average Bonchev–Trinajstić information content (AvgIpc) is 2.37. The average molecular weight is 292 g/mol. The highest BCUT2D eigenvalue weighted by Crippen LogP contribution is 2.26. The Bertz CT molecular complexity index is 491. The van der Waals surface area contributed by atoms with E-state index in [4.69, 9.17) is 12.2 Å². The lowest BCUT2D eigenvalue weighted by atomic mass is 9.96. The molecule has 1 amide bonds. The Morgan fingerprint density at radius 3 is 2.45 bits per heavy atom. The van der Waals surface area contributed by atoms with Crippen molar-refractivity contribution in [2.24, 2.45) is 5.41 Å². The Balaban J connectivity index is 2.79. The number of rotatable bonds is 3. The molecule has 0 heterocycles. The molecule has 0 radical (unpaired) electrons. The number of carbonyl (C=O) groups is 1. The van der Waals surface area contributed by atoms with Crippen molar-refractivity contribution in [3.8, 4) is 0 Å². The second-order valence-corrected chi connectivity index (χ2v) is 6.46. The third kappa shape index (κ3) is 4.60. The molecule has 0 fully saturated rings. The quantitative estimate of drug-likeness (QED) is 0.825. The van der Waals surface area contributed by atoms with Crippen molar-refractivity contribution < 1.29 is 4.79 Å². The molecular weight excluding hydrogens is 268 g/mol. The lowest BCUT2D eigenvalue weighted by Crippen LogP contribution is -2.41. The van der Waals surface area contributed by atoms with Crippen LogP contribution in [-0.4, -0.2) is 11.0 Å². The van der Waals surface area contributed by atoms with Crippen molar-refractivity contribution in [3.63, 3.8) is 0 Å². The van der Waals surface area contributed by atoms with Gasteiger partial charge in [-0.3, -0.25) is 4.79 Å². The van der Waals surface area contributed by atoms with E-state index in [1.807, 2.05) is 39.0 Å². The van der Waals surface area contributed by atoms with E-state index in [0.29, 0.717) is 11.0 Å². The number of hydrogen-bond acceptors (Lipinski definition) is 2. The summed E-state index contributed by atoms with van der Waals surface area (Å²) in [7, 11) is 0. The maximum atomic E-state index is 11.9. The molecular formula is C16H24N2OS. The Labute approximate surface area is 127 Å². The highest BCUT2D eigenvalue weighted by Gasteiger charge is 2.22. The van der Waals surface area contributed by atoms with Gasteiger partial charge in [0.1, 0.15) is 0 Å². The van der Waals surface area contributed by atoms with E-state index in [0.717, 1.165) is 12.1 Å². The van der Waals surface area contributed by atoms with Gasteiger partial charge in [-0.15, -0.1) is 0 Å². The van der Waals surface area contributed by atoms with Crippen LogP contribution in [0.3, 0.4) is 0 Å². The van der Waals surface area contributed by atoms with Gasteiger partial charge in [-0.2, -0.15) is 0 Å². The van der Waals surface area contributed by atoms with Gasteiger partial charge >= 0.3 is 0 Å². The molecule has 0 spiro atoms. The fourth-order valence-electron chi connectivity index (χ4n) is 1.70. The molecule has 110 valence electrons. The number of para-hydroxylation sites is 1. The molecule has 0 saturated heterocycles. The predicted octanol–water partition coefficient (Wildman–Crippen LogP) is 4.06. The van der Waals surface area contributed by atoms with E-state index in [2.05, 4.69) is 30.5 Å². The predicted molar refractivity (Wildman–Crippen MR) is 89.0 cm³/mol. The zero-order valence-corrected chi connectivity index (χ0v) is 13.7. The van der Waals surface area contributed by atoms with E-state index >= 15 is 0 Å². The van der Waals surface area contributed by atoms with Crippen LogP contribution in [0.4, 0.5) is 5.69 Å². The summed E-state index contributed by atoms with van der Waals surface area (Å²) in [5, 5.41) is 6.21. The number of anilines is 1. The first kappa shape index (κ1) is 16.6. The van der Waals surface area contributed by atoms with Gasteiger partial charge in [-0.1, -0.05) is 52.8 Å². The third-order valence-electron chi connectivity index (χ3n) is 3.26. The number of benzene rings is 1. The summed E-state index contributed by atoms with van der Waals surface area (Å²) in [6.45, 7) is 9.91. The fraction of sp³-hybridized carbons (Fsp3) is 0.500. The SMILES string of the molecule is CC[C@H](C)c1ccccc1NC(=S)NC(=O)C(C)(C)C. The second-order valence-electron chi connectivity index (χ2n) is 6.05. The molecule has 0 aliphatic rings. The molecule has 1 aromatic carbocycles. The van der Waals surface area contributed by atoms with Crippen molar-refractivity contribution in [2.45, 2.75) is 47.0 Å². The summed E-state index contributed by atoms with van der Waals surface area (Å²) in [6.07, 6.45) is 1.06. The Morgan fingerprint density at radius 2 is 1.90 bits per heavy atom. The summed E-state index contributed by atoms with van der Waals surface area (Å²) < 4.78 is 0. The van der Waals surface area contributed by atoms with Gasteiger partial charge in [0.15, 0.2) is 5.11 Å². The van der Waals surface area contributed by atoms with Gasteiger partial charge in [0, 0.05) is 11.1 Å². The van der Waals surface area contributed by atoms with Crippen molar-refractivity contribution in [1.82, 2.24) is 5.32 Å². The third-order valence-corrected chi connectivity index (χ3v) is 3.46. The van der Waals surface area contributed by atoms with Crippen LogP contribution < -0.4 is 10.6 Å². The van der Waals surface area contributed by atoms with Crippen LogP contribution in [0, 0.1) is 5.41 Å². The first-order valence-corrected chi connectivity index (χ1v) is 7.38. The monoisotopic (exact) mass is 292 g/mol. The molecule has 0 aliphatic heterocycles. The van der Waals surface area contributed by atoms with Crippen LogP contribution in [0.25, 0.3) is 0 Å². The lowest BCUT2D eigenvalue weighted by molar-refractivity contribution is -0.126. The molecule has 0 unspecified atom stereocenters. The molecule has 3 nitrogen and oxygen atoms in total. The van der Waals surface area contributed by atoms with Crippen LogP contribution in [-0.2, 0) is 4.79 Å². The molecule has 0 bridgehead atoms. The number of hydrogen-bond donors (Lipinski definition) is 2. The smallest absolute Gasteiger partial charge is 0.231 e. The number of thiocarbonyl (C=S) groups is 1. The summed E-state index contributed by atoms with van der Waals surface area (Å²) in [4.78, 5) is 11.9. The van der Waals surface area contributed by atoms with Crippen molar-refractivity contribution in [3.05, 3.63) is 29.8 Å². The van der Waals surface area contributed by atoms with Gasteiger partial charge < -0.3 is 10.6 Å². The van der Waals surface area contributed by atoms with Crippen molar-refractivity contribution >= 4 is 28.9 Å². The molecule has 0 aliphatic carbocycles. The Hall–Kier alpha value is -1.42. The topological polar surface area (TPSA) is 41.1 Å². The summed E-state index contributed by atoms with van der Waals surface area (Å²) >= 11 is 5.22. The Kier molecular flexibility index (Phi) is 5.69. The fourth-order valence-corrected chi connectivity index (χ4v) is 1.91. The normalized spacial score (nSPS) is 12.7. The second kappa shape index (κ2) is 6.84. The standard InChI is InChI=1S/C16H24N2OS/c1-6-11(2)12-9-7-8-10-13(12)17-15(20)18-14(19)16(3,4)5/h7-11H,6H2,1-5H3,(H2,17,18,19,20)/t11-/m0/s1. The van der Waals surface area contributed by atoms with E-state index in [1.165, 1.54) is 5.56 Å². The van der Waals surface area contributed by atoms with E-state index in [1.54, 1.807) is 0 Å². The maximum Gasteiger partial charge on any atom is 0.231 e. The highest BCUT2D eigenvalue weighted by atomic mass is 32.1. The van der Waals surface area contributed by atoms with E-state index in [9.17, 15) is 4.79 Å². The molecule has 0 saturated carbocycles. The summed E-state index contributed by atoms with van der Waals surface area (Å²) in [5.41, 5.74) is 1.71. The molecule has 1 atom stereocenters. The van der Waals surface area contributed by atoms with Crippen LogP contribution in [0.2, 0.25) is 0 Å². The number of carbonyl (C=O) groups excluding carboxylic acids is 1. The van der Waals surface area contributed by atoms with Crippen LogP contribution >= 0.6 is 12.2 Å². The van der Waals surface area contributed by atoms with Gasteiger partial charge in [0.2, 0.25) is 5.91 Å². The molecule has 2 N–H and O–H groups in total. The van der Waals surface area contributed by atoms with Gasteiger partial charge in [0.05, 0.1) is 0 Å².